The predicted octanol–water partition coefficient (Wildman–Crippen LogP) is 1.45. The lowest BCUT2D eigenvalue weighted by atomic mass is 10.1. The van der Waals surface area contributed by atoms with Gasteiger partial charge in [0.05, 0.1) is 6.54 Å². The number of hydrogen-bond acceptors (Lipinski definition) is 2. The molecule has 92 valence electrons. The highest BCUT2D eigenvalue weighted by atomic mass is 79.9. The van der Waals surface area contributed by atoms with Gasteiger partial charge in [0.1, 0.15) is 0 Å². The lowest BCUT2D eigenvalue weighted by Crippen LogP contribution is -2.36. The molecule has 0 aromatic heterocycles. The summed E-state index contributed by atoms with van der Waals surface area (Å²) in [5.74, 6) is -0.421. The van der Waals surface area contributed by atoms with Crippen LogP contribution in [0.5, 0.6) is 0 Å². The summed E-state index contributed by atoms with van der Waals surface area (Å²) in [5, 5.41) is 5.93. The molecule has 0 bridgehead atoms. The van der Waals surface area contributed by atoms with Crippen molar-refractivity contribution in [1.29, 1.82) is 0 Å². The van der Waals surface area contributed by atoms with Crippen LogP contribution < -0.4 is 10.6 Å². The minimum atomic E-state index is -0.239. The normalized spacial score (nSPS) is 9.76. The molecule has 0 unspecified atom stereocenters. The fourth-order valence-electron chi connectivity index (χ4n) is 1.27. The average molecular weight is 299 g/mol. The third-order valence-electron chi connectivity index (χ3n) is 2.15. The molecule has 0 spiro atoms. The molecule has 17 heavy (non-hydrogen) atoms. The van der Waals surface area contributed by atoms with E-state index in [0.717, 1.165) is 10.9 Å². The molecule has 2 N–H and O–H groups in total. The second-order valence-electron chi connectivity index (χ2n) is 3.47. The van der Waals surface area contributed by atoms with Gasteiger partial charge in [0.15, 0.2) is 0 Å². The number of alkyl halides is 1. The van der Waals surface area contributed by atoms with E-state index in [4.69, 9.17) is 0 Å². The Balaban J connectivity index is 2.49. The van der Waals surface area contributed by atoms with Crippen LogP contribution >= 0.6 is 15.9 Å². The van der Waals surface area contributed by atoms with Gasteiger partial charge >= 0.3 is 0 Å². The highest BCUT2D eigenvalue weighted by Gasteiger charge is 2.06. The molecule has 1 aromatic carbocycles. The zero-order valence-electron chi connectivity index (χ0n) is 9.63. The van der Waals surface area contributed by atoms with Crippen LogP contribution in [0.15, 0.2) is 24.3 Å². The topological polar surface area (TPSA) is 58.2 Å². The van der Waals surface area contributed by atoms with Gasteiger partial charge in [-0.25, -0.2) is 0 Å². The van der Waals surface area contributed by atoms with Crippen LogP contribution in [0.25, 0.3) is 0 Å². The number of hydrogen-bond donors (Lipinski definition) is 2. The standard InChI is InChI=1S/C12H15BrN2O2/c1-2-14-11(16)8-15-12(17)10-5-3-9(7-13)4-6-10/h3-6H,2,7-8H2,1H3,(H,14,16)(H,15,17). The third-order valence-corrected chi connectivity index (χ3v) is 2.80. The van der Waals surface area contributed by atoms with Crippen molar-refractivity contribution < 1.29 is 9.59 Å². The molecular formula is C12H15BrN2O2. The zero-order chi connectivity index (χ0) is 12.7. The Labute approximate surface area is 109 Å². The summed E-state index contributed by atoms with van der Waals surface area (Å²) in [7, 11) is 0. The Kier molecular flexibility index (Phi) is 5.69. The lowest BCUT2D eigenvalue weighted by Gasteiger charge is -2.05. The molecule has 1 aromatic rings. The van der Waals surface area contributed by atoms with Gasteiger partial charge in [0.2, 0.25) is 5.91 Å². The maximum atomic E-state index is 11.7. The van der Waals surface area contributed by atoms with E-state index >= 15 is 0 Å². The van der Waals surface area contributed by atoms with Crippen LogP contribution in [0.1, 0.15) is 22.8 Å². The molecule has 0 aliphatic rings. The number of nitrogens with one attached hydrogen (secondary N) is 2. The van der Waals surface area contributed by atoms with Crippen LogP contribution in [0.3, 0.4) is 0 Å². The van der Waals surface area contributed by atoms with Crippen LogP contribution in [-0.2, 0) is 10.1 Å². The summed E-state index contributed by atoms with van der Waals surface area (Å²) >= 11 is 3.33. The van der Waals surface area contributed by atoms with Crippen molar-refractivity contribution in [2.24, 2.45) is 0 Å². The van der Waals surface area contributed by atoms with Gasteiger partial charge in [-0.15, -0.1) is 0 Å². The molecule has 0 fully saturated rings. The largest absolute Gasteiger partial charge is 0.355 e. The van der Waals surface area contributed by atoms with E-state index in [0.29, 0.717) is 12.1 Å². The molecule has 0 saturated carbocycles. The summed E-state index contributed by atoms with van der Waals surface area (Å²) in [6.45, 7) is 2.40. The second-order valence-corrected chi connectivity index (χ2v) is 4.03. The summed E-state index contributed by atoms with van der Waals surface area (Å²) in [4.78, 5) is 22.8. The molecular weight excluding hydrogens is 284 g/mol. The Morgan fingerprint density at radius 2 is 1.82 bits per heavy atom. The number of likely N-dealkylation sites (N-methyl/N-ethyl adjacent to an activating group) is 1. The average Bonchev–Trinajstić information content (AvgIpc) is 2.36. The van der Waals surface area contributed by atoms with Gasteiger partial charge in [-0.3, -0.25) is 9.59 Å². The molecule has 0 saturated heterocycles. The van der Waals surface area contributed by atoms with Gasteiger partial charge < -0.3 is 10.6 Å². The first-order valence-electron chi connectivity index (χ1n) is 5.37. The van der Waals surface area contributed by atoms with Crippen molar-refractivity contribution >= 4 is 27.7 Å². The summed E-state index contributed by atoms with van der Waals surface area (Å²) < 4.78 is 0. The van der Waals surface area contributed by atoms with Crippen molar-refractivity contribution in [1.82, 2.24) is 10.6 Å². The van der Waals surface area contributed by atoms with Crippen molar-refractivity contribution in [3.8, 4) is 0 Å². The fourth-order valence-corrected chi connectivity index (χ4v) is 1.64. The molecule has 1 rings (SSSR count). The van der Waals surface area contributed by atoms with E-state index in [2.05, 4.69) is 26.6 Å². The smallest absolute Gasteiger partial charge is 0.251 e. The molecule has 0 aliphatic heterocycles. The first kappa shape index (κ1) is 13.7. The molecule has 0 heterocycles. The summed E-state index contributed by atoms with van der Waals surface area (Å²) in [6.07, 6.45) is 0. The van der Waals surface area contributed by atoms with E-state index in [9.17, 15) is 9.59 Å². The highest BCUT2D eigenvalue weighted by Crippen LogP contribution is 2.07. The number of carbonyl (C=O) groups excluding carboxylic acids is 2. The van der Waals surface area contributed by atoms with Crippen LogP contribution in [0.2, 0.25) is 0 Å². The first-order chi connectivity index (χ1) is 8.17. The van der Waals surface area contributed by atoms with Crippen molar-refractivity contribution in [3.63, 3.8) is 0 Å². The zero-order valence-corrected chi connectivity index (χ0v) is 11.2. The highest BCUT2D eigenvalue weighted by molar-refractivity contribution is 9.08. The number of carbonyl (C=O) groups is 2. The SMILES string of the molecule is CCNC(=O)CNC(=O)c1ccc(CBr)cc1. The molecule has 2 amide bonds. The quantitative estimate of drug-likeness (QED) is 0.809. The third kappa shape index (κ3) is 4.56. The molecule has 0 radical (unpaired) electrons. The van der Waals surface area contributed by atoms with Crippen LogP contribution in [0, 0.1) is 0 Å². The first-order valence-corrected chi connectivity index (χ1v) is 6.49. The van der Waals surface area contributed by atoms with Gasteiger partial charge in [0, 0.05) is 17.4 Å². The maximum Gasteiger partial charge on any atom is 0.251 e. The number of benzene rings is 1. The Hall–Kier alpha value is -1.36. The monoisotopic (exact) mass is 298 g/mol. The number of halogens is 1. The van der Waals surface area contributed by atoms with Crippen LogP contribution in [0.4, 0.5) is 0 Å². The van der Waals surface area contributed by atoms with Gasteiger partial charge in [-0.2, -0.15) is 0 Å². The minimum absolute atomic E-state index is 0.00681. The van der Waals surface area contributed by atoms with Crippen LogP contribution in [-0.4, -0.2) is 24.9 Å². The Morgan fingerprint density at radius 3 is 2.35 bits per heavy atom. The molecule has 4 nitrogen and oxygen atoms in total. The van der Waals surface area contributed by atoms with Crippen molar-refractivity contribution in [2.45, 2.75) is 12.3 Å². The maximum absolute atomic E-state index is 11.7. The lowest BCUT2D eigenvalue weighted by molar-refractivity contribution is -0.120. The summed E-state index contributed by atoms with van der Waals surface area (Å²) in [6, 6.07) is 7.22. The molecule has 0 aliphatic carbocycles. The number of rotatable bonds is 5. The van der Waals surface area contributed by atoms with Gasteiger partial charge in [-0.1, -0.05) is 28.1 Å². The van der Waals surface area contributed by atoms with E-state index in [1.807, 2.05) is 19.1 Å². The Bertz CT molecular complexity index is 390. The van der Waals surface area contributed by atoms with E-state index < -0.39 is 0 Å². The van der Waals surface area contributed by atoms with E-state index in [1.165, 1.54) is 0 Å². The Morgan fingerprint density at radius 1 is 1.18 bits per heavy atom. The van der Waals surface area contributed by atoms with E-state index in [-0.39, 0.29) is 18.4 Å². The predicted molar refractivity (Wildman–Crippen MR) is 70.1 cm³/mol. The van der Waals surface area contributed by atoms with Gasteiger partial charge in [0.25, 0.3) is 5.91 Å². The second kappa shape index (κ2) is 7.06. The van der Waals surface area contributed by atoms with Crippen molar-refractivity contribution in [2.75, 3.05) is 13.1 Å². The van der Waals surface area contributed by atoms with Crippen molar-refractivity contribution in [3.05, 3.63) is 35.4 Å². The van der Waals surface area contributed by atoms with Gasteiger partial charge in [-0.05, 0) is 24.6 Å². The minimum Gasteiger partial charge on any atom is -0.355 e. The number of amides is 2. The van der Waals surface area contributed by atoms with E-state index in [1.54, 1.807) is 12.1 Å². The fraction of sp³-hybridized carbons (Fsp3) is 0.333. The molecule has 5 heteroatoms. The molecule has 0 atom stereocenters. The summed E-state index contributed by atoms with van der Waals surface area (Å²) in [5.41, 5.74) is 1.66.